The average Bonchev–Trinajstić information content (AvgIpc) is 2.57. The molecule has 0 bridgehead atoms. The molecule has 1 saturated heterocycles. The molecule has 1 unspecified atom stereocenters. The number of nitrogens with two attached hydrogens (primary N) is 1. The van der Waals surface area contributed by atoms with Gasteiger partial charge in [-0.25, -0.2) is 0 Å². The molecular formula is C13H20N2S. The maximum Gasteiger partial charge on any atom is 0.0366 e. The van der Waals surface area contributed by atoms with Crippen molar-refractivity contribution in [1.82, 2.24) is 0 Å². The molecule has 2 nitrogen and oxygen atoms in total. The third kappa shape index (κ3) is 2.92. The van der Waals surface area contributed by atoms with E-state index in [-0.39, 0.29) is 6.04 Å². The SMILES string of the molecule is CC(N)c1ccc(N2CCCSCC2)cc1. The quantitative estimate of drug-likeness (QED) is 0.856. The summed E-state index contributed by atoms with van der Waals surface area (Å²) in [5, 5.41) is 0. The largest absolute Gasteiger partial charge is 0.371 e. The van der Waals surface area contributed by atoms with Gasteiger partial charge in [0, 0.05) is 30.6 Å². The minimum Gasteiger partial charge on any atom is -0.371 e. The topological polar surface area (TPSA) is 29.3 Å². The first-order valence-corrected chi connectivity index (χ1v) is 7.11. The Hall–Kier alpha value is -0.670. The Balaban J connectivity index is 2.07. The number of anilines is 1. The van der Waals surface area contributed by atoms with E-state index in [1.807, 2.05) is 6.92 Å². The summed E-state index contributed by atoms with van der Waals surface area (Å²) >= 11 is 2.06. The molecule has 0 radical (unpaired) electrons. The lowest BCUT2D eigenvalue weighted by Crippen LogP contribution is -2.25. The van der Waals surface area contributed by atoms with Crippen molar-refractivity contribution >= 4 is 17.4 Å². The van der Waals surface area contributed by atoms with E-state index in [4.69, 9.17) is 5.73 Å². The fourth-order valence-corrected chi connectivity index (χ4v) is 2.88. The fraction of sp³-hybridized carbons (Fsp3) is 0.538. The minimum atomic E-state index is 0.133. The molecule has 88 valence electrons. The van der Waals surface area contributed by atoms with E-state index in [1.54, 1.807) is 0 Å². The molecule has 1 aliphatic rings. The highest BCUT2D eigenvalue weighted by molar-refractivity contribution is 7.99. The van der Waals surface area contributed by atoms with E-state index in [2.05, 4.69) is 40.9 Å². The van der Waals surface area contributed by atoms with Gasteiger partial charge in [0.2, 0.25) is 0 Å². The van der Waals surface area contributed by atoms with Gasteiger partial charge in [0.1, 0.15) is 0 Å². The predicted molar refractivity (Wildman–Crippen MR) is 73.2 cm³/mol. The Kier molecular flexibility index (Phi) is 4.13. The molecule has 1 aromatic carbocycles. The first-order valence-electron chi connectivity index (χ1n) is 5.95. The molecule has 0 saturated carbocycles. The van der Waals surface area contributed by atoms with Gasteiger partial charge < -0.3 is 10.6 Å². The first-order chi connectivity index (χ1) is 7.77. The van der Waals surface area contributed by atoms with Crippen LogP contribution in [0.5, 0.6) is 0 Å². The first kappa shape index (κ1) is 11.8. The third-order valence-electron chi connectivity index (χ3n) is 3.01. The summed E-state index contributed by atoms with van der Waals surface area (Å²) in [7, 11) is 0. The van der Waals surface area contributed by atoms with Gasteiger partial charge in [0.05, 0.1) is 0 Å². The molecule has 1 aliphatic heterocycles. The van der Waals surface area contributed by atoms with Crippen LogP contribution < -0.4 is 10.6 Å². The summed E-state index contributed by atoms with van der Waals surface area (Å²) in [6, 6.07) is 8.84. The molecule has 16 heavy (non-hydrogen) atoms. The lowest BCUT2D eigenvalue weighted by Gasteiger charge is -2.22. The maximum atomic E-state index is 5.85. The van der Waals surface area contributed by atoms with Crippen LogP contribution in [0.25, 0.3) is 0 Å². The monoisotopic (exact) mass is 236 g/mol. The van der Waals surface area contributed by atoms with Gasteiger partial charge in [0.15, 0.2) is 0 Å². The van der Waals surface area contributed by atoms with E-state index in [0.29, 0.717) is 0 Å². The standard InChI is InChI=1S/C13H20N2S/c1-11(14)12-3-5-13(6-4-12)15-7-2-9-16-10-8-15/h3-6,11H,2,7-10,14H2,1H3. The number of nitrogens with zero attached hydrogens (tertiary/aromatic N) is 1. The van der Waals surface area contributed by atoms with E-state index in [0.717, 1.165) is 0 Å². The van der Waals surface area contributed by atoms with Crippen LogP contribution in [0.3, 0.4) is 0 Å². The Bertz CT molecular complexity index is 313. The van der Waals surface area contributed by atoms with E-state index in [9.17, 15) is 0 Å². The van der Waals surface area contributed by atoms with Crippen LogP contribution in [0, 0.1) is 0 Å². The zero-order valence-corrected chi connectivity index (χ0v) is 10.7. The highest BCUT2D eigenvalue weighted by Crippen LogP contribution is 2.21. The molecule has 1 atom stereocenters. The summed E-state index contributed by atoms with van der Waals surface area (Å²) in [5.74, 6) is 2.55. The van der Waals surface area contributed by atoms with Crippen molar-refractivity contribution in [3.8, 4) is 0 Å². The highest BCUT2D eigenvalue weighted by atomic mass is 32.2. The molecule has 0 aliphatic carbocycles. The van der Waals surface area contributed by atoms with E-state index in [1.165, 1.54) is 42.3 Å². The Morgan fingerprint density at radius 3 is 2.62 bits per heavy atom. The van der Waals surface area contributed by atoms with Crippen molar-refractivity contribution in [3.05, 3.63) is 29.8 Å². The lowest BCUT2D eigenvalue weighted by atomic mass is 10.1. The van der Waals surface area contributed by atoms with Crippen molar-refractivity contribution in [1.29, 1.82) is 0 Å². The molecule has 2 rings (SSSR count). The van der Waals surface area contributed by atoms with Crippen LogP contribution in [0.1, 0.15) is 24.9 Å². The van der Waals surface area contributed by atoms with Gasteiger partial charge in [-0.05, 0) is 36.8 Å². The van der Waals surface area contributed by atoms with Crippen LogP contribution >= 0.6 is 11.8 Å². The van der Waals surface area contributed by atoms with Crippen LogP contribution in [0.15, 0.2) is 24.3 Å². The third-order valence-corrected chi connectivity index (χ3v) is 4.05. The molecule has 3 heteroatoms. The smallest absolute Gasteiger partial charge is 0.0366 e. The van der Waals surface area contributed by atoms with Crippen LogP contribution in [0.2, 0.25) is 0 Å². The predicted octanol–water partition coefficient (Wildman–Crippen LogP) is 2.65. The maximum absolute atomic E-state index is 5.85. The second-order valence-corrected chi connectivity index (χ2v) is 5.56. The summed E-state index contributed by atoms with van der Waals surface area (Å²) in [6.07, 6.45) is 1.29. The van der Waals surface area contributed by atoms with Crippen molar-refractivity contribution in [2.24, 2.45) is 5.73 Å². The van der Waals surface area contributed by atoms with Gasteiger partial charge in [-0.3, -0.25) is 0 Å². The minimum absolute atomic E-state index is 0.133. The van der Waals surface area contributed by atoms with E-state index >= 15 is 0 Å². The Morgan fingerprint density at radius 1 is 1.19 bits per heavy atom. The van der Waals surface area contributed by atoms with Crippen LogP contribution in [0.4, 0.5) is 5.69 Å². The Morgan fingerprint density at radius 2 is 1.94 bits per heavy atom. The molecule has 2 N–H and O–H groups in total. The number of benzene rings is 1. The normalized spacial score (nSPS) is 19.2. The second kappa shape index (κ2) is 5.60. The molecule has 0 amide bonds. The second-order valence-electron chi connectivity index (χ2n) is 4.33. The molecule has 0 aromatic heterocycles. The Labute approximate surface area is 102 Å². The van der Waals surface area contributed by atoms with Gasteiger partial charge in [0.25, 0.3) is 0 Å². The van der Waals surface area contributed by atoms with Crippen LogP contribution in [-0.2, 0) is 0 Å². The highest BCUT2D eigenvalue weighted by Gasteiger charge is 2.10. The summed E-state index contributed by atoms with van der Waals surface area (Å²) in [4.78, 5) is 2.48. The average molecular weight is 236 g/mol. The van der Waals surface area contributed by atoms with Gasteiger partial charge >= 0.3 is 0 Å². The number of thioether (sulfide) groups is 1. The summed E-state index contributed by atoms with van der Waals surface area (Å²) in [6.45, 7) is 4.38. The van der Waals surface area contributed by atoms with Crippen molar-refractivity contribution < 1.29 is 0 Å². The lowest BCUT2D eigenvalue weighted by molar-refractivity contribution is 0.805. The molecule has 1 heterocycles. The fourth-order valence-electron chi connectivity index (χ4n) is 1.99. The zero-order valence-electron chi connectivity index (χ0n) is 9.86. The molecular weight excluding hydrogens is 216 g/mol. The zero-order chi connectivity index (χ0) is 11.4. The van der Waals surface area contributed by atoms with Gasteiger partial charge in [-0.1, -0.05) is 12.1 Å². The molecule has 1 aromatic rings. The van der Waals surface area contributed by atoms with Gasteiger partial charge in [-0.15, -0.1) is 0 Å². The summed E-state index contributed by atoms with van der Waals surface area (Å²) in [5.41, 5.74) is 8.41. The van der Waals surface area contributed by atoms with Crippen molar-refractivity contribution in [3.63, 3.8) is 0 Å². The number of hydrogen-bond donors (Lipinski definition) is 1. The van der Waals surface area contributed by atoms with Gasteiger partial charge in [-0.2, -0.15) is 11.8 Å². The molecule has 0 spiro atoms. The summed E-state index contributed by atoms with van der Waals surface area (Å²) < 4.78 is 0. The van der Waals surface area contributed by atoms with E-state index < -0.39 is 0 Å². The van der Waals surface area contributed by atoms with Crippen LogP contribution in [-0.4, -0.2) is 24.6 Å². The number of hydrogen-bond acceptors (Lipinski definition) is 3. The van der Waals surface area contributed by atoms with Crippen molar-refractivity contribution in [2.75, 3.05) is 29.5 Å². The number of rotatable bonds is 2. The molecule has 1 fully saturated rings. The van der Waals surface area contributed by atoms with Crippen molar-refractivity contribution in [2.45, 2.75) is 19.4 Å².